The summed E-state index contributed by atoms with van der Waals surface area (Å²) in [6, 6.07) is 10.9. The number of hydrogen-bond donors (Lipinski definition) is 1. The highest BCUT2D eigenvalue weighted by Gasteiger charge is 2.36. The van der Waals surface area contributed by atoms with Crippen LogP contribution in [0.4, 0.5) is 5.69 Å². The van der Waals surface area contributed by atoms with E-state index in [1.54, 1.807) is 38.1 Å². The molecule has 2 rings (SSSR count). The van der Waals surface area contributed by atoms with E-state index in [-0.39, 0.29) is 34.5 Å². The van der Waals surface area contributed by atoms with Gasteiger partial charge in [-0.15, -0.1) is 0 Å². The molecule has 0 bridgehead atoms. The van der Waals surface area contributed by atoms with Gasteiger partial charge in [-0.1, -0.05) is 30.0 Å². The summed E-state index contributed by atoms with van der Waals surface area (Å²) in [5.74, 6) is -1.51. The van der Waals surface area contributed by atoms with Crippen LogP contribution in [0.1, 0.15) is 13.8 Å². The third-order valence-corrected chi connectivity index (χ3v) is 4.25. The first kappa shape index (κ1) is 18.4. The highest BCUT2D eigenvalue weighted by Crippen LogP contribution is 2.43. The number of para-hydroxylation sites is 1. The number of carbonyl (C=O) groups excluding carboxylic acids is 2. The zero-order valence-corrected chi connectivity index (χ0v) is 14.6. The molecule has 1 aromatic rings. The number of nitrogens with two attached hydrogens (primary N) is 1. The van der Waals surface area contributed by atoms with E-state index in [2.05, 4.69) is 0 Å². The number of rotatable bonds is 5. The van der Waals surface area contributed by atoms with Gasteiger partial charge in [0, 0.05) is 5.69 Å². The van der Waals surface area contributed by atoms with E-state index in [0.717, 1.165) is 11.8 Å². The Hall–Kier alpha value is -2.92. The van der Waals surface area contributed by atoms with Crippen molar-refractivity contribution in [3.05, 3.63) is 51.7 Å². The van der Waals surface area contributed by atoms with E-state index in [0.29, 0.717) is 5.69 Å². The lowest BCUT2D eigenvalue weighted by atomic mass is 10.2. The predicted octanol–water partition coefficient (Wildman–Crippen LogP) is 2.23. The number of nitriles is 1. The number of anilines is 1. The summed E-state index contributed by atoms with van der Waals surface area (Å²) in [4.78, 5) is 26.4. The van der Waals surface area contributed by atoms with Gasteiger partial charge in [0.1, 0.15) is 21.8 Å². The van der Waals surface area contributed by atoms with Crippen molar-refractivity contribution in [2.24, 2.45) is 5.73 Å². The second-order valence-corrected chi connectivity index (χ2v) is 5.72. The molecule has 0 fully saturated rings. The summed E-state index contributed by atoms with van der Waals surface area (Å²) in [5, 5.41) is 9.49. The Balaban J connectivity index is 2.64. The van der Waals surface area contributed by atoms with Gasteiger partial charge in [-0.2, -0.15) is 5.26 Å². The quantitative estimate of drug-likeness (QED) is 0.369. The zero-order valence-electron chi connectivity index (χ0n) is 13.8. The van der Waals surface area contributed by atoms with Crippen molar-refractivity contribution in [1.82, 2.24) is 0 Å². The Morgan fingerprint density at radius 2 is 1.72 bits per heavy atom. The molecule has 0 spiro atoms. The highest BCUT2D eigenvalue weighted by atomic mass is 32.2. The van der Waals surface area contributed by atoms with Crippen LogP contribution in [0.25, 0.3) is 0 Å². The molecule has 0 amide bonds. The largest absolute Gasteiger partial charge is 0.462 e. The molecule has 1 heterocycles. The third-order valence-electron chi connectivity index (χ3n) is 3.16. The normalized spacial score (nSPS) is 13.5. The number of benzene rings is 1. The van der Waals surface area contributed by atoms with Crippen LogP contribution in [0.15, 0.2) is 51.7 Å². The van der Waals surface area contributed by atoms with Crippen LogP contribution < -0.4 is 10.6 Å². The van der Waals surface area contributed by atoms with Gasteiger partial charge < -0.3 is 15.2 Å². The Labute approximate surface area is 149 Å². The molecule has 0 saturated carbocycles. The third kappa shape index (κ3) is 3.78. The first-order valence-corrected chi connectivity index (χ1v) is 8.38. The first-order valence-electron chi connectivity index (χ1n) is 7.56. The standard InChI is InChI=1S/C17H17N3O4S/c1-3-23-16(21)13(17(22)24-4-2)15-20(11-8-6-5-7-9-11)14(19)12(10-18)25-15/h5-9H,3-4,19H2,1-2H3. The molecule has 0 atom stereocenters. The van der Waals surface area contributed by atoms with Gasteiger partial charge in [-0.05, 0) is 26.0 Å². The average Bonchev–Trinajstić information content (AvgIpc) is 2.92. The van der Waals surface area contributed by atoms with Gasteiger partial charge in [0.25, 0.3) is 0 Å². The minimum atomic E-state index is -0.823. The van der Waals surface area contributed by atoms with Gasteiger partial charge in [0.2, 0.25) is 0 Å². The van der Waals surface area contributed by atoms with E-state index < -0.39 is 11.9 Å². The van der Waals surface area contributed by atoms with E-state index in [9.17, 15) is 14.9 Å². The molecule has 7 nitrogen and oxygen atoms in total. The van der Waals surface area contributed by atoms with Crippen LogP contribution >= 0.6 is 11.8 Å². The Morgan fingerprint density at radius 3 is 2.20 bits per heavy atom. The van der Waals surface area contributed by atoms with Gasteiger partial charge >= 0.3 is 11.9 Å². The van der Waals surface area contributed by atoms with Crippen LogP contribution in [0.5, 0.6) is 0 Å². The van der Waals surface area contributed by atoms with Gasteiger partial charge in [0.05, 0.1) is 13.2 Å². The van der Waals surface area contributed by atoms with E-state index in [1.807, 2.05) is 12.1 Å². The first-order chi connectivity index (χ1) is 12.0. The smallest absolute Gasteiger partial charge is 0.348 e. The Bertz CT molecular complexity index is 761. The van der Waals surface area contributed by atoms with E-state index in [4.69, 9.17) is 15.2 Å². The van der Waals surface area contributed by atoms with Gasteiger partial charge in [-0.25, -0.2) is 9.59 Å². The number of hydrogen-bond acceptors (Lipinski definition) is 8. The van der Waals surface area contributed by atoms with Crippen molar-refractivity contribution in [3.63, 3.8) is 0 Å². The summed E-state index contributed by atoms with van der Waals surface area (Å²) in [7, 11) is 0. The second-order valence-electron chi connectivity index (χ2n) is 4.72. The molecular weight excluding hydrogens is 342 g/mol. The predicted molar refractivity (Wildman–Crippen MR) is 93.6 cm³/mol. The molecule has 0 aliphatic carbocycles. The van der Waals surface area contributed by atoms with Crippen LogP contribution in [-0.2, 0) is 19.1 Å². The maximum absolute atomic E-state index is 12.4. The number of nitrogens with zero attached hydrogens (tertiary/aromatic N) is 2. The molecule has 1 aliphatic heterocycles. The summed E-state index contributed by atoms with van der Waals surface area (Å²) in [6.45, 7) is 3.46. The molecule has 25 heavy (non-hydrogen) atoms. The van der Waals surface area contributed by atoms with Crippen LogP contribution in [0.3, 0.4) is 0 Å². The second kappa shape index (κ2) is 8.26. The Morgan fingerprint density at radius 1 is 1.16 bits per heavy atom. The fourth-order valence-electron chi connectivity index (χ4n) is 2.15. The topological polar surface area (TPSA) is 106 Å². The van der Waals surface area contributed by atoms with Crippen LogP contribution in [-0.4, -0.2) is 25.2 Å². The lowest BCUT2D eigenvalue weighted by Gasteiger charge is -2.22. The van der Waals surface area contributed by atoms with Crippen molar-refractivity contribution in [1.29, 1.82) is 5.26 Å². The number of allylic oxidation sites excluding steroid dienone is 1. The molecule has 130 valence electrons. The Kier molecular flexibility index (Phi) is 6.08. The van der Waals surface area contributed by atoms with Crippen molar-refractivity contribution in [2.45, 2.75) is 13.8 Å². The summed E-state index contributed by atoms with van der Waals surface area (Å²) < 4.78 is 9.98. The lowest BCUT2D eigenvalue weighted by molar-refractivity contribution is -0.146. The fraction of sp³-hybridized carbons (Fsp3) is 0.235. The number of ether oxygens (including phenoxy) is 2. The number of thioether (sulfide) groups is 1. The highest BCUT2D eigenvalue weighted by molar-refractivity contribution is 8.07. The van der Waals surface area contributed by atoms with Crippen molar-refractivity contribution in [2.75, 3.05) is 18.1 Å². The van der Waals surface area contributed by atoms with E-state index >= 15 is 0 Å². The molecule has 8 heteroatoms. The number of carbonyl (C=O) groups is 2. The monoisotopic (exact) mass is 359 g/mol. The van der Waals surface area contributed by atoms with Crippen molar-refractivity contribution in [3.8, 4) is 6.07 Å². The van der Waals surface area contributed by atoms with Gasteiger partial charge in [-0.3, -0.25) is 4.90 Å². The van der Waals surface area contributed by atoms with Crippen molar-refractivity contribution < 1.29 is 19.1 Å². The number of esters is 2. The molecule has 0 radical (unpaired) electrons. The lowest BCUT2D eigenvalue weighted by Crippen LogP contribution is -2.28. The van der Waals surface area contributed by atoms with Gasteiger partial charge in [0.15, 0.2) is 5.57 Å². The molecule has 2 N–H and O–H groups in total. The molecular formula is C17H17N3O4S. The maximum atomic E-state index is 12.4. The van der Waals surface area contributed by atoms with E-state index in [1.165, 1.54) is 4.90 Å². The molecule has 1 aliphatic rings. The average molecular weight is 359 g/mol. The summed E-state index contributed by atoms with van der Waals surface area (Å²) in [6.07, 6.45) is 0. The van der Waals surface area contributed by atoms with Crippen LogP contribution in [0.2, 0.25) is 0 Å². The fourth-order valence-corrected chi connectivity index (χ4v) is 3.14. The minimum absolute atomic E-state index is 0.0963. The molecule has 0 aromatic heterocycles. The summed E-state index contributed by atoms with van der Waals surface area (Å²) >= 11 is 0.936. The zero-order chi connectivity index (χ0) is 18.4. The molecule has 0 unspecified atom stereocenters. The summed E-state index contributed by atoms with van der Waals surface area (Å²) in [5.41, 5.74) is 6.39. The molecule has 1 aromatic carbocycles. The SMILES string of the molecule is CCOC(=O)C(C(=O)OCC)=C1SC(C#N)=C(N)N1c1ccccc1. The maximum Gasteiger partial charge on any atom is 0.348 e. The van der Waals surface area contributed by atoms with Crippen molar-refractivity contribution >= 4 is 29.4 Å². The molecule has 0 saturated heterocycles. The van der Waals surface area contributed by atoms with Crippen LogP contribution in [0, 0.1) is 11.3 Å². The minimum Gasteiger partial charge on any atom is -0.462 e.